The lowest BCUT2D eigenvalue weighted by Crippen LogP contribution is -2.37. The second-order valence-corrected chi connectivity index (χ2v) is 9.82. The van der Waals surface area contributed by atoms with Crippen molar-refractivity contribution in [3.8, 4) is 11.1 Å². The third-order valence-electron chi connectivity index (χ3n) is 5.87. The van der Waals surface area contributed by atoms with E-state index in [0.29, 0.717) is 25.2 Å². The standard InChI is InChI=1S/C24H26F2N3OPS/c1-4-15-11-18-19(12-28(22(30)5-2)14-21(18)32-15)16-9-7-8-10-17(16)20-13-29(6-3)27-23(20)24(25,26)31/h5,7-11,13,19H,2,4,6,12,14,31H2,1,3H3/t19-/m0/s1. The van der Waals surface area contributed by atoms with Crippen LogP contribution in [0.1, 0.15) is 46.3 Å². The van der Waals surface area contributed by atoms with Crippen molar-refractivity contribution < 1.29 is 13.6 Å². The molecule has 0 bridgehead atoms. The SMILES string of the molecule is C=CC(=O)N1Cc2sc(CC)cc2[C@H](c2ccccc2-c2cn(CC)nc2C(F)(F)P)C1. The number of alkyl halides is 2. The summed E-state index contributed by atoms with van der Waals surface area (Å²) in [6, 6.07) is 9.82. The van der Waals surface area contributed by atoms with E-state index in [1.807, 2.05) is 31.2 Å². The van der Waals surface area contributed by atoms with Gasteiger partial charge in [-0.2, -0.15) is 13.9 Å². The lowest BCUT2D eigenvalue weighted by Gasteiger charge is -2.33. The number of fused-ring (bicyclic) bond motifs is 1. The van der Waals surface area contributed by atoms with Crippen molar-refractivity contribution in [2.45, 2.75) is 44.9 Å². The summed E-state index contributed by atoms with van der Waals surface area (Å²) in [5.41, 5.74) is -0.175. The van der Waals surface area contributed by atoms with E-state index < -0.39 is 5.66 Å². The fourth-order valence-electron chi connectivity index (χ4n) is 4.29. The van der Waals surface area contributed by atoms with Crippen molar-refractivity contribution in [1.29, 1.82) is 0 Å². The van der Waals surface area contributed by atoms with Crippen molar-refractivity contribution in [2.24, 2.45) is 0 Å². The van der Waals surface area contributed by atoms with E-state index in [9.17, 15) is 13.6 Å². The van der Waals surface area contributed by atoms with Gasteiger partial charge in [-0.05, 0) is 42.2 Å². The van der Waals surface area contributed by atoms with E-state index in [0.717, 1.165) is 22.4 Å². The fourth-order valence-corrected chi connectivity index (χ4v) is 5.68. The van der Waals surface area contributed by atoms with Crippen LogP contribution in [0.25, 0.3) is 11.1 Å². The molecule has 3 aromatic rings. The molecular formula is C24H26F2N3OPS. The molecule has 4 nitrogen and oxygen atoms in total. The molecule has 0 fully saturated rings. The number of benzene rings is 1. The maximum absolute atomic E-state index is 14.5. The molecule has 1 aliphatic heterocycles. The molecule has 8 heteroatoms. The van der Waals surface area contributed by atoms with Gasteiger partial charge in [0.2, 0.25) is 5.91 Å². The molecule has 1 amide bonds. The summed E-state index contributed by atoms with van der Waals surface area (Å²) in [7, 11) is 1.60. The zero-order chi connectivity index (χ0) is 23.0. The molecule has 2 atom stereocenters. The number of carbonyl (C=O) groups is 1. The maximum Gasteiger partial charge on any atom is 0.302 e. The van der Waals surface area contributed by atoms with Gasteiger partial charge in [0.05, 0.1) is 6.54 Å². The number of thiophene rings is 1. The molecule has 0 saturated carbocycles. The molecule has 1 unspecified atom stereocenters. The molecular weight excluding hydrogens is 447 g/mol. The zero-order valence-corrected chi connectivity index (χ0v) is 20.1. The third kappa shape index (κ3) is 4.16. The van der Waals surface area contributed by atoms with Crippen LogP contribution in [0.5, 0.6) is 0 Å². The van der Waals surface area contributed by atoms with E-state index in [4.69, 9.17) is 0 Å². The Bertz CT molecular complexity index is 1160. The van der Waals surface area contributed by atoms with E-state index in [1.54, 1.807) is 36.4 Å². The lowest BCUT2D eigenvalue weighted by molar-refractivity contribution is -0.127. The van der Waals surface area contributed by atoms with Gasteiger partial charge in [-0.3, -0.25) is 9.48 Å². The minimum absolute atomic E-state index is 0.119. The first-order valence-electron chi connectivity index (χ1n) is 10.6. The molecule has 32 heavy (non-hydrogen) atoms. The van der Waals surface area contributed by atoms with Gasteiger partial charge in [0.25, 0.3) is 0 Å². The van der Waals surface area contributed by atoms with Crippen LogP contribution in [-0.4, -0.2) is 27.1 Å². The highest BCUT2D eigenvalue weighted by molar-refractivity contribution is 7.17. The molecule has 168 valence electrons. The summed E-state index contributed by atoms with van der Waals surface area (Å²) >= 11 is 1.71. The Balaban J connectivity index is 1.89. The van der Waals surface area contributed by atoms with Gasteiger partial charge in [0, 0.05) is 40.5 Å². The number of aryl methyl sites for hydroxylation is 2. The molecule has 0 aliphatic carbocycles. The minimum Gasteiger partial charge on any atom is -0.333 e. The van der Waals surface area contributed by atoms with Gasteiger partial charge in [-0.1, -0.05) is 47.0 Å². The third-order valence-corrected chi connectivity index (χ3v) is 7.42. The molecule has 2 aromatic heterocycles. The molecule has 1 aliphatic rings. The van der Waals surface area contributed by atoms with Crippen molar-refractivity contribution in [3.63, 3.8) is 0 Å². The first-order valence-corrected chi connectivity index (χ1v) is 12.0. The summed E-state index contributed by atoms with van der Waals surface area (Å²) in [5, 5.41) is 4.15. The highest BCUT2D eigenvalue weighted by atomic mass is 32.1. The highest BCUT2D eigenvalue weighted by Crippen LogP contribution is 2.45. The summed E-state index contributed by atoms with van der Waals surface area (Å²) in [6.45, 7) is 9.14. The zero-order valence-electron chi connectivity index (χ0n) is 18.1. The Hall–Kier alpha value is -2.37. The van der Waals surface area contributed by atoms with Crippen LogP contribution in [0, 0.1) is 0 Å². The van der Waals surface area contributed by atoms with Gasteiger partial charge in [0.15, 0.2) is 0 Å². The highest BCUT2D eigenvalue weighted by Gasteiger charge is 2.35. The Morgan fingerprint density at radius 3 is 2.72 bits per heavy atom. The second-order valence-electron chi connectivity index (χ2n) is 7.88. The second kappa shape index (κ2) is 8.87. The average Bonchev–Trinajstić information content (AvgIpc) is 3.41. The number of rotatable bonds is 6. The van der Waals surface area contributed by atoms with Crippen molar-refractivity contribution in [3.05, 3.63) is 75.8 Å². The van der Waals surface area contributed by atoms with Gasteiger partial charge in [-0.15, -0.1) is 11.3 Å². The van der Waals surface area contributed by atoms with Crippen LogP contribution in [0.3, 0.4) is 0 Å². The molecule has 3 heterocycles. The molecule has 0 spiro atoms. The number of amides is 1. The first kappa shape index (κ1) is 22.8. The minimum atomic E-state index is -3.15. The quantitative estimate of drug-likeness (QED) is 0.336. The Morgan fingerprint density at radius 2 is 2.06 bits per heavy atom. The largest absolute Gasteiger partial charge is 0.333 e. The van der Waals surface area contributed by atoms with Crippen LogP contribution < -0.4 is 0 Å². The molecule has 0 saturated heterocycles. The van der Waals surface area contributed by atoms with Crippen LogP contribution in [0.2, 0.25) is 0 Å². The number of aromatic nitrogens is 2. The first-order chi connectivity index (χ1) is 15.3. The topological polar surface area (TPSA) is 38.1 Å². The summed E-state index contributed by atoms with van der Waals surface area (Å²) in [5.74, 6) is -0.244. The summed E-state index contributed by atoms with van der Waals surface area (Å²) < 4.78 is 30.4. The van der Waals surface area contributed by atoms with Crippen LogP contribution >= 0.6 is 20.6 Å². The van der Waals surface area contributed by atoms with Crippen LogP contribution in [0.4, 0.5) is 8.78 Å². The molecule has 4 rings (SSSR count). The Labute approximate surface area is 193 Å². The number of hydrogen-bond acceptors (Lipinski definition) is 3. The van der Waals surface area contributed by atoms with Crippen molar-refractivity contribution >= 4 is 26.5 Å². The van der Waals surface area contributed by atoms with Crippen LogP contribution in [-0.2, 0) is 30.0 Å². The van der Waals surface area contributed by atoms with Gasteiger partial charge in [0.1, 0.15) is 5.69 Å². The fraction of sp³-hybridized carbons (Fsp3) is 0.333. The van der Waals surface area contributed by atoms with E-state index in [2.05, 4.69) is 24.7 Å². The average molecular weight is 474 g/mol. The molecule has 1 aromatic carbocycles. The van der Waals surface area contributed by atoms with Crippen LogP contribution in [0.15, 0.2) is 49.2 Å². The number of hydrogen-bond donors (Lipinski definition) is 0. The maximum atomic E-state index is 14.5. The monoisotopic (exact) mass is 473 g/mol. The predicted octanol–water partition coefficient (Wildman–Crippen LogP) is 5.78. The van der Waals surface area contributed by atoms with E-state index in [-0.39, 0.29) is 17.5 Å². The Morgan fingerprint density at radius 1 is 1.31 bits per heavy atom. The lowest BCUT2D eigenvalue weighted by atomic mass is 9.83. The predicted molar refractivity (Wildman–Crippen MR) is 128 cm³/mol. The number of nitrogens with zero attached hydrogens (tertiary/aromatic N) is 3. The van der Waals surface area contributed by atoms with Crippen molar-refractivity contribution in [1.82, 2.24) is 14.7 Å². The van der Waals surface area contributed by atoms with E-state index >= 15 is 0 Å². The summed E-state index contributed by atoms with van der Waals surface area (Å²) in [4.78, 5) is 16.7. The van der Waals surface area contributed by atoms with Crippen molar-refractivity contribution in [2.75, 3.05) is 6.54 Å². The molecule has 0 radical (unpaired) electrons. The number of halogens is 2. The number of carbonyl (C=O) groups excluding carboxylic acids is 1. The smallest absolute Gasteiger partial charge is 0.302 e. The van der Waals surface area contributed by atoms with Gasteiger partial charge in [-0.25, -0.2) is 0 Å². The molecule has 0 N–H and O–H groups in total. The van der Waals surface area contributed by atoms with Gasteiger partial charge < -0.3 is 4.90 Å². The van der Waals surface area contributed by atoms with Gasteiger partial charge >= 0.3 is 5.66 Å². The summed E-state index contributed by atoms with van der Waals surface area (Å²) in [6.07, 6.45) is 3.93. The Kier molecular flexibility index (Phi) is 6.33. The normalized spacial score (nSPS) is 16.2. The van der Waals surface area contributed by atoms with E-state index in [1.165, 1.54) is 16.5 Å².